The minimum atomic E-state index is -1.15. The van der Waals surface area contributed by atoms with Crippen LogP contribution in [0.1, 0.15) is 36.0 Å². The lowest BCUT2D eigenvalue weighted by molar-refractivity contribution is 0.0824. The number of halogens is 2. The molecule has 2 heterocycles. The van der Waals surface area contributed by atoms with Gasteiger partial charge in [-0.2, -0.15) is 5.10 Å². The zero-order valence-electron chi connectivity index (χ0n) is 18.7. The number of nitrogens with zero attached hydrogens (tertiary/aromatic N) is 4. The smallest absolute Gasteiger partial charge is 0.407 e. The molecule has 0 fully saturated rings. The summed E-state index contributed by atoms with van der Waals surface area (Å²) in [5, 5.41) is 18.3. The molecule has 0 bridgehead atoms. The van der Waals surface area contributed by atoms with Crippen molar-refractivity contribution in [1.82, 2.24) is 25.0 Å². The Morgan fingerprint density at radius 1 is 1.24 bits per heavy atom. The van der Waals surface area contributed by atoms with Crippen molar-refractivity contribution < 1.29 is 23.5 Å². The zero-order valence-corrected chi connectivity index (χ0v) is 19.5. The van der Waals surface area contributed by atoms with Crippen molar-refractivity contribution in [1.29, 1.82) is 0 Å². The van der Waals surface area contributed by atoms with Crippen LogP contribution in [0.3, 0.4) is 0 Å². The van der Waals surface area contributed by atoms with Crippen LogP contribution in [0.25, 0.3) is 11.4 Å². The summed E-state index contributed by atoms with van der Waals surface area (Å²) in [5.41, 5.74) is 0.429. The van der Waals surface area contributed by atoms with Gasteiger partial charge in [0.2, 0.25) is 0 Å². The Labute approximate surface area is 193 Å². The predicted octanol–water partition coefficient (Wildman–Crippen LogP) is 3.94. The highest BCUT2D eigenvalue weighted by Crippen LogP contribution is 2.24. The van der Waals surface area contributed by atoms with E-state index < -0.39 is 35.2 Å². The van der Waals surface area contributed by atoms with E-state index >= 15 is 0 Å². The number of hydrogen-bond donors (Lipinski definition) is 2. The van der Waals surface area contributed by atoms with E-state index in [1.165, 1.54) is 28.6 Å². The molecule has 3 aromatic rings. The number of rotatable bonds is 7. The summed E-state index contributed by atoms with van der Waals surface area (Å²) < 4.78 is 28.7. The molecule has 11 heteroatoms. The summed E-state index contributed by atoms with van der Waals surface area (Å²) in [6, 6.07) is 4.47. The molecule has 176 valence electrons. The highest BCUT2D eigenvalue weighted by molar-refractivity contribution is 7.12. The third-order valence-electron chi connectivity index (χ3n) is 5.04. The van der Waals surface area contributed by atoms with Gasteiger partial charge in [0.15, 0.2) is 17.5 Å². The van der Waals surface area contributed by atoms with Crippen LogP contribution < -0.4 is 5.32 Å². The number of thiophene rings is 1. The van der Waals surface area contributed by atoms with Crippen LogP contribution in [-0.4, -0.2) is 54.9 Å². The SMILES string of the molecule is Cn1ncnc1-c1csc(C(=O)N[C@@H](Cc2ccc(F)c(F)c2)CN(C(=O)O)C(C)(C)C)c1. The fourth-order valence-electron chi connectivity index (χ4n) is 3.36. The summed E-state index contributed by atoms with van der Waals surface area (Å²) in [6.07, 6.45) is 0.384. The summed E-state index contributed by atoms with van der Waals surface area (Å²) in [5.74, 6) is -1.78. The maximum Gasteiger partial charge on any atom is 0.407 e. The van der Waals surface area contributed by atoms with Crippen LogP contribution in [0.15, 0.2) is 36.0 Å². The van der Waals surface area contributed by atoms with Crippen molar-refractivity contribution >= 4 is 23.3 Å². The van der Waals surface area contributed by atoms with Crippen molar-refractivity contribution in [2.75, 3.05) is 6.54 Å². The second-order valence-corrected chi connectivity index (χ2v) is 9.51. The highest BCUT2D eigenvalue weighted by atomic mass is 32.1. The molecule has 8 nitrogen and oxygen atoms in total. The van der Waals surface area contributed by atoms with Crippen molar-refractivity contribution in [2.24, 2.45) is 7.05 Å². The first-order valence-corrected chi connectivity index (χ1v) is 11.0. The van der Waals surface area contributed by atoms with Gasteiger partial charge in [-0.3, -0.25) is 4.79 Å². The van der Waals surface area contributed by atoms with Gasteiger partial charge in [0.1, 0.15) is 6.33 Å². The average Bonchev–Trinajstić information content (AvgIpc) is 3.36. The van der Waals surface area contributed by atoms with E-state index in [1.807, 2.05) is 0 Å². The van der Waals surface area contributed by atoms with Gasteiger partial charge in [-0.15, -0.1) is 11.3 Å². The lowest BCUT2D eigenvalue weighted by Crippen LogP contribution is -2.53. The molecule has 33 heavy (non-hydrogen) atoms. The van der Waals surface area contributed by atoms with Gasteiger partial charge in [0.25, 0.3) is 5.91 Å². The molecule has 1 aromatic carbocycles. The second kappa shape index (κ2) is 9.65. The van der Waals surface area contributed by atoms with Gasteiger partial charge in [-0.25, -0.2) is 23.2 Å². The van der Waals surface area contributed by atoms with Crippen molar-refractivity contribution in [3.63, 3.8) is 0 Å². The molecule has 0 saturated heterocycles. The Morgan fingerprint density at radius 3 is 2.55 bits per heavy atom. The fourth-order valence-corrected chi connectivity index (χ4v) is 4.15. The third-order valence-corrected chi connectivity index (χ3v) is 5.97. The van der Waals surface area contributed by atoms with Crippen molar-refractivity contribution in [3.8, 4) is 11.4 Å². The normalized spacial score (nSPS) is 12.4. The van der Waals surface area contributed by atoms with E-state index in [-0.39, 0.29) is 13.0 Å². The van der Waals surface area contributed by atoms with Crippen LogP contribution in [0, 0.1) is 11.6 Å². The molecule has 1 atom stereocenters. The van der Waals surface area contributed by atoms with Crippen LogP contribution in [0.5, 0.6) is 0 Å². The standard InChI is InChI=1S/C22H25F2N5O3S/c1-22(2,3)29(21(31)32)10-15(7-13-5-6-16(23)17(24)8-13)27-20(30)18-9-14(11-33-18)19-25-12-26-28(19)4/h5-6,8-9,11-12,15H,7,10H2,1-4H3,(H,27,30)(H,31,32)/t15-/m0/s1. The summed E-state index contributed by atoms with van der Waals surface area (Å²) in [7, 11) is 1.74. The topological polar surface area (TPSA) is 100 Å². The average molecular weight is 478 g/mol. The molecule has 2 aromatic heterocycles. The van der Waals surface area contributed by atoms with Crippen LogP contribution in [-0.2, 0) is 13.5 Å². The number of carboxylic acid groups (broad SMARTS) is 1. The van der Waals surface area contributed by atoms with E-state index in [1.54, 1.807) is 43.9 Å². The zero-order chi connectivity index (χ0) is 24.3. The van der Waals surface area contributed by atoms with E-state index in [9.17, 15) is 23.5 Å². The summed E-state index contributed by atoms with van der Waals surface area (Å²) >= 11 is 1.22. The molecular formula is C22H25F2N5O3S. The number of aryl methyl sites for hydroxylation is 1. The number of hydrogen-bond acceptors (Lipinski definition) is 5. The molecule has 2 amide bonds. The maximum atomic E-state index is 13.7. The lowest BCUT2D eigenvalue weighted by Gasteiger charge is -2.36. The molecule has 0 radical (unpaired) electrons. The minimum absolute atomic E-state index is 0.0366. The third kappa shape index (κ3) is 5.92. The van der Waals surface area contributed by atoms with Gasteiger partial charge in [-0.05, 0) is 51.0 Å². The van der Waals surface area contributed by atoms with Gasteiger partial charge in [0.05, 0.1) is 10.9 Å². The Bertz CT molecular complexity index is 1160. The molecule has 3 rings (SSSR count). The monoisotopic (exact) mass is 477 g/mol. The molecule has 0 saturated carbocycles. The minimum Gasteiger partial charge on any atom is -0.465 e. The maximum absolute atomic E-state index is 13.7. The quantitative estimate of drug-likeness (QED) is 0.537. The van der Waals surface area contributed by atoms with E-state index in [2.05, 4.69) is 15.4 Å². The van der Waals surface area contributed by atoms with Crippen LogP contribution in [0.2, 0.25) is 0 Å². The summed E-state index contributed by atoms with van der Waals surface area (Å²) in [4.78, 5) is 30.6. The fraction of sp³-hybridized carbons (Fsp3) is 0.364. The lowest BCUT2D eigenvalue weighted by atomic mass is 10.0. The first-order chi connectivity index (χ1) is 15.5. The predicted molar refractivity (Wildman–Crippen MR) is 120 cm³/mol. The van der Waals surface area contributed by atoms with Gasteiger partial charge < -0.3 is 15.3 Å². The Kier molecular flexibility index (Phi) is 7.11. The number of benzene rings is 1. The molecule has 0 unspecified atom stereocenters. The van der Waals surface area contributed by atoms with E-state index in [4.69, 9.17) is 0 Å². The molecule has 0 aliphatic rings. The number of amides is 2. The van der Waals surface area contributed by atoms with Gasteiger partial charge in [-0.1, -0.05) is 6.07 Å². The first kappa shape index (κ1) is 24.3. The molecule has 2 N–H and O–H groups in total. The van der Waals surface area contributed by atoms with E-state index in [0.717, 1.165) is 17.7 Å². The molecule has 0 spiro atoms. The second-order valence-electron chi connectivity index (χ2n) is 8.59. The summed E-state index contributed by atoms with van der Waals surface area (Å²) in [6.45, 7) is 5.18. The van der Waals surface area contributed by atoms with Crippen LogP contribution >= 0.6 is 11.3 Å². The molecule has 0 aliphatic carbocycles. The van der Waals surface area contributed by atoms with E-state index in [0.29, 0.717) is 16.3 Å². The van der Waals surface area contributed by atoms with Crippen LogP contribution in [0.4, 0.5) is 13.6 Å². The van der Waals surface area contributed by atoms with Crippen molar-refractivity contribution in [3.05, 3.63) is 58.0 Å². The highest BCUT2D eigenvalue weighted by Gasteiger charge is 2.30. The van der Waals surface area contributed by atoms with Crippen molar-refractivity contribution in [2.45, 2.75) is 38.8 Å². The molecular weight excluding hydrogens is 452 g/mol. The largest absolute Gasteiger partial charge is 0.465 e. The first-order valence-electron chi connectivity index (χ1n) is 10.1. The Morgan fingerprint density at radius 2 is 1.97 bits per heavy atom. The molecule has 0 aliphatic heterocycles. The Balaban J connectivity index is 1.84. The number of aromatic nitrogens is 3. The number of carbonyl (C=O) groups is 2. The van der Waals surface area contributed by atoms with Gasteiger partial charge >= 0.3 is 6.09 Å². The number of carbonyl (C=O) groups excluding carboxylic acids is 1. The Hall–Kier alpha value is -3.34. The van der Waals surface area contributed by atoms with Gasteiger partial charge in [0, 0.05) is 30.1 Å². The number of nitrogens with one attached hydrogen (secondary N) is 1.